The van der Waals surface area contributed by atoms with E-state index in [4.69, 9.17) is 4.98 Å². The molecule has 3 rings (SSSR count). The lowest BCUT2D eigenvalue weighted by molar-refractivity contribution is 0.454. The molecule has 1 aliphatic rings. The lowest BCUT2D eigenvalue weighted by Crippen LogP contribution is -2.26. The first-order valence-electron chi connectivity index (χ1n) is 7.80. The minimum absolute atomic E-state index is 0.416. The molecular formula is C17H22N4. The maximum Gasteiger partial charge on any atom is 0.160 e. The van der Waals surface area contributed by atoms with Gasteiger partial charge in [0.25, 0.3) is 0 Å². The average Bonchev–Trinajstić information content (AvgIpc) is 2.53. The zero-order valence-corrected chi connectivity index (χ0v) is 12.8. The van der Waals surface area contributed by atoms with E-state index in [0.29, 0.717) is 6.04 Å². The SMILES string of the molecule is CCCNC1CCCc2nc(-c3ccc(C)nc3)ncc21. The molecule has 2 aromatic heterocycles. The van der Waals surface area contributed by atoms with E-state index >= 15 is 0 Å². The number of aromatic nitrogens is 3. The Morgan fingerprint density at radius 1 is 1.24 bits per heavy atom. The van der Waals surface area contributed by atoms with Gasteiger partial charge in [-0.15, -0.1) is 0 Å². The second-order valence-electron chi connectivity index (χ2n) is 5.68. The Hall–Kier alpha value is -1.81. The van der Waals surface area contributed by atoms with E-state index in [9.17, 15) is 0 Å². The molecule has 1 unspecified atom stereocenters. The second-order valence-corrected chi connectivity index (χ2v) is 5.68. The molecule has 0 saturated heterocycles. The smallest absolute Gasteiger partial charge is 0.160 e. The molecule has 2 heterocycles. The Labute approximate surface area is 126 Å². The third-order valence-corrected chi connectivity index (χ3v) is 3.99. The summed E-state index contributed by atoms with van der Waals surface area (Å²) >= 11 is 0. The number of aryl methyl sites for hydroxylation is 2. The van der Waals surface area contributed by atoms with Crippen LogP contribution in [0.4, 0.5) is 0 Å². The molecular weight excluding hydrogens is 260 g/mol. The van der Waals surface area contributed by atoms with Crippen LogP contribution in [-0.2, 0) is 6.42 Å². The summed E-state index contributed by atoms with van der Waals surface area (Å²) in [4.78, 5) is 13.7. The minimum atomic E-state index is 0.416. The van der Waals surface area contributed by atoms with Gasteiger partial charge in [-0.2, -0.15) is 0 Å². The first kappa shape index (κ1) is 14.1. The number of nitrogens with one attached hydrogen (secondary N) is 1. The molecule has 0 amide bonds. The second kappa shape index (κ2) is 6.31. The molecule has 2 aromatic rings. The van der Waals surface area contributed by atoms with Crippen molar-refractivity contribution in [3.8, 4) is 11.4 Å². The highest BCUT2D eigenvalue weighted by atomic mass is 14.9. The van der Waals surface area contributed by atoms with Crippen LogP contribution in [0.1, 0.15) is 49.2 Å². The number of rotatable bonds is 4. The third-order valence-electron chi connectivity index (χ3n) is 3.99. The monoisotopic (exact) mass is 282 g/mol. The lowest BCUT2D eigenvalue weighted by Gasteiger charge is -2.25. The van der Waals surface area contributed by atoms with Crippen molar-refractivity contribution in [2.75, 3.05) is 6.54 Å². The fraction of sp³-hybridized carbons (Fsp3) is 0.471. The van der Waals surface area contributed by atoms with E-state index < -0.39 is 0 Å². The van der Waals surface area contributed by atoms with Crippen LogP contribution in [0.3, 0.4) is 0 Å². The summed E-state index contributed by atoms with van der Waals surface area (Å²) in [6.07, 6.45) is 8.43. The summed E-state index contributed by atoms with van der Waals surface area (Å²) < 4.78 is 0. The van der Waals surface area contributed by atoms with E-state index in [1.807, 2.05) is 31.5 Å². The predicted molar refractivity (Wildman–Crippen MR) is 84.0 cm³/mol. The molecule has 1 atom stereocenters. The molecule has 0 radical (unpaired) electrons. The van der Waals surface area contributed by atoms with Crippen molar-refractivity contribution in [3.63, 3.8) is 0 Å². The Balaban J connectivity index is 1.88. The van der Waals surface area contributed by atoms with Crippen LogP contribution in [0.5, 0.6) is 0 Å². The normalized spacial score (nSPS) is 17.5. The van der Waals surface area contributed by atoms with Crippen LogP contribution < -0.4 is 5.32 Å². The van der Waals surface area contributed by atoms with E-state index in [-0.39, 0.29) is 0 Å². The van der Waals surface area contributed by atoms with Gasteiger partial charge in [-0.3, -0.25) is 4.98 Å². The molecule has 0 bridgehead atoms. The Kier molecular flexibility index (Phi) is 4.25. The van der Waals surface area contributed by atoms with Gasteiger partial charge in [0.05, 0.1) is 0 Å². The first-order valence-corrected chi connectivity index (χ1v) is 7.80. The van der Waals surface area contributed by atoms with Gasteiger partial charge in [-0.05, 0) is 51.3 Å². The Morgan fingerprint density at radius 3 is 2.90 bits per heavy atom. The van der Waals surface area contributed by atoms with Crippen molar-refractivity contribution < 1.29 is 0 Å². The van der Waals surface area contributed by atoms with E-state index in [1.165, 1.54) is 24.1 Å². The van der Waals surface area contributed by atoms with Gasteiger partial charge < -0.3 is 5.32 Å². The van der Waals surface area contributed by atoms with Crippen molar-refractivity contribution >= 4 is 0 Å². The highest BCUT2D eigenvalue weighted by molar-refractivity contribution is 5.54. The van der Waals surface area contributed by atoms with Crippen LogP contribution in [-0.4, -0.2) is 21.5 Å². The fourth-order valence-corrected chi connectivity index (χ4v) is 2.82. The zero-order valence-electron chi connectivity index (χ0n) is 12.8. The number of nitrogens with zero attached hydrogens (tertiary/aromatic N) is 3. The lowest BCUT2D eigenvalue weighted by atomic mass is 9.92. The van der Waals surface area contributed by atoms with Crippen LogP contribution in [0, 0.1) is 6.92 Å². The van der Waals surface area contributed by atoms with Gasteiger partial charge in [0.1, 0.15) is 0 Å². The molecule has 21 heavy (non-hydrogen) atoms. The highest BCUT2D eigenvalue weighted by Crippen LogP contribution is 2.29. The summed E-state index contributed by atoms with van der Waals surface area (Å²) in [6, 6.07) is 4.46. The molecule has 110 valence electrons. The van der Waals surface area contributed by atoms with Crippen molar-refractivity contribution in [3.05, 3.63) is 41.5 Å². The van der Waals surface area contributed by atoms with Gasteiger partial charge >= 0.3 is 0 Å². The van der Waals surface area contributed by atoms with Crippen LogP contribution in [0.2, 0.25) is 0 Å². The molecule has 1 aliphatic carbocycles. The zero-order chi connectivity index (χ0) is 14.7. The number of hydrogen-bond donors (Lipinski definition) is 1. The number of hydrogen-bond acceptors (Lipinski definition) is 4. The van der Waals surface area contributed by atoms with Crippen molar-refractivity contribution in [1.82, 2.24) is 20.3 Å². The van der Waals surface area contributed by atoms with Crippen LogP contribution >= 0.6 is 0 Å². The summed E-state index contributed by atoms with van der Waals surface area (Å²) in [6.45, 7) is 5.23. The molecule has 0 aliphatic heterocycles. The topological polar surface area (TPSA) is 50.7 Å². The van der Waals surface area contributed by atoms with Gasteiger partial charge in [-0.25, -0.2) is 9.97 Å². The van der Waals surface area contributed by atoms with Gasteiger partial charge in [-0.1, -0.05) is 6.92 Å². The fourth-order valence-electron chi connectivity index (χ4n) is 2.82. The van der Waals surface area contributed by atoms with E-state index in [0.717, 1.165) is 36.5 Å². The maximum atomic E-state index is 4.78. The average molecular weight is 282 g/mol. The molecule has 0 fully saturated rings. The van der Waals surface area contributed by atoms with Crippen LogP contribution in [0.25, 0.3) is 11.4 Å². The molecule has 1 N–H and O–H groups in total. The summed E-state index contributed by atoms with van der Waals surface area (Å²) in [5, 5.41) is 3.60. The molecule has 0 aromatic carbocycles. The quantitative estimate of drug-likeness (QED) is 0.935. The summed E-state index contributed by atoms with van der Waals surface area (Å²) in [7, 11) is 0. The minimum Gasteiger partial charge on any atom is -0.310 e. The number of pyridine rings is 1. The highest BCUT2D eigenvalue weighted by Gasteiger charge is 2.21. The van der Waals surface area contributed by atoms with Crippen LogP contribution in [0.15, 0.2) is 24.5 Å². The standard InChI is InChI=1S/C17H22N4/c1-3-9-18-15-5-4-6-16-14(15)11-20-17(21-16)13-8-7-12(2)19-10-13/h7-8,10-11,15,18H,3-6,9H2,1-2H3. The van der Waals surface area contributed by atoms with E-state index in [2.05, 4.69) is 22.2 Å². The Morgan fingerprint density at radius 2 is 2.14 bits per heavy atom. The van der Waals surface area contributed by atoms with Crippen molar-refractivity contribution in [2.45, 2.75) is 45.6 Å². The maximum absolute atomic E-state index is 4.78. The molecule has 4 heteroatoms. The third kappa shape index (κ3) is 3.10. The van der Waals surface area contributed by atoms with Gasteiger partial charge in [0, 0.05) is 41.0 Å². The summed E-state index contributed by atoms with van der Waals surface area (Å²) in [5.74, 6) is 0.789. The molecule has 0 spiro atoms. The van der Waals surface area contributed by atoms with E-state index in [1.54, 1.807) is 0 Å². The van der Waals surface area contributed by atoms with Gasteiger partial charge in [0.15, 0.2) is 5.82 Å². The molecule has 4 nitrogen and oxygen atoms in total. The van der Waals surface area contributed by atoms with Crippen molar-refractivity contribution in [1.29, 1.82) is 0 Å². The van der Waals surface area contributed by atoms with Gasteiger partial charge in [0.2, 0.25) is 0 Å². The predicted octanol–water partition coefficient (Wildman–Crippen LogP) is 3.22. The van der Waals surface area contributed by atoms with Crippen molar-refractivity contribution in [2.24, 2.45) is 0 Å². The Bertz CT molecular complexity index is 607. The first-order chi connectivity index (χ1) is 10.3. The largest absolute Gasteiger partial charge is 0.310 e. The number of fused-ring (bicyclic) bond motifs is 1. The molecule has 0 saturated carbocycles. The summed E-state index contributed by atoms with van der Waals surface area (Å²) in [5.41, 5.74) is 4.48.